The van der Waals surface area contributed by atoms with Gasteiger partial charge >= 0.3 is 0 Å². The van der Waals surface area contributed by atoms with Gasteiger partial charge in [-0.05, 0) is 37.0 Å². The Morgan fingerprint density at radius 2 is 1.96 bits per heavy atom. The van der Waals surface area contributed by atoms with Crippen molar-refractivity contribution >= 4 is 16.8 Å². The Hall–Kier alpha value is -1.92. The molecule has 0 spiro atoms. The Morgan fingerprint density at radius 1 is 1.20 bits per heavy atom. The minimum atomic E-state index is -0.294. The molecule has 134 valence electrons. The molecule has 2 aromatic rings. The second-order valence-electron chi connectivity index (χ2n) is 7.03. The number of rotatable bonds is 3. The molecule has 1 aromatic heterocycles. The average Bonchev–Trinajstić information content (AvgIpc) is 3.08. The van der Waals surface area contributed by atoms with Crippen molar-refractivity contribution < 1.29 is 13.9 Å². The van der Waals surface area contributed by atoms with Crippen LogP contribution < -0.4 is 0 Å². The molecule has 0 bridgehead atoms. The highest BCUT2D eigenvalue weighted by atomic mass is 19.1. The van der Waals surface area contributed by atoms with Gasteiger partial charge in [0.2, 0.25) is 0 Å². The predicted octanol–water partition coefficient (Wildman–Crippen LogP) is 2.49. The number of carbonyl (C=O) groups is 1. The van der Waals surface area contributed by atoms with Crippen LogP contribution in [-0.2, 0) is 4.74 Å². The van der Waals surface area contributed by atoms with Crippen LogP contribution in [0.5, 0.6) is 0 Å². The number of aromatic nitrogens is 1. The number of likely N-dealkylation sites (tertiary alicyclic amines) is 1. The van der Waals surface area contributed by atoms with Crippen LogP contribution in [0.3, 0.4) is 0 Å². The zero-order valence-electron chi connectivity index (χ0n) is 14.3. The summed E-state index contributed by atoms with van der Waals surface area (Å²) < 4.78 is 19.2. The molecule has 1 amide bonds. The fourth-order valence-corrected chi connectivity index (χ4v) is 3.87. The summed E-state index contributed by atoms with van der Waals surface area (Å²) in [5, 5.41) is 0.480. The number of carbonyl (C=O) groups excluding carboxylic acids is 1. The highest BCUT2D eigenvalue weighted by Crippen LogP contribution is 2.23. The van der Waals surface area contributed by atoms with E-state index in [-0.39, 0.29) is 11.7 Å². The van der Waals surface area contributed by atoms with Crippen molar-refractivity contribution in [1.82, 2.24) is 14.8 Å². The zero-order chi connectivity index (χ0) is 17.2. The van der Waals surface area contributed by atoms with Crippen LogP contribution in [0.2, 0.25) is 0 Å². The van der Waals surface area contributed by atoms with E-state index < -0.39 is 0 Å². The molecule has 2 aliphatic heterocycles. The fraction of sp³-hybridized carbons (Fsp3) is 0.526. The van der Waals surface area contributed by atoms with Gasteiger partial charge in [-0.25, -0.2) is 4.39 Å². The van der Waals surface area contributed by atoms with Gasteiger partial charge in [-0.15, -0.1) is 0 Å². The van der Waals surface area contributed by atoms with Crippen molar-refractivity contribution in [2.45, 2.75) is 12.8 Å². The number of nitrogens with one attached hydrogen (secondary N) is 1. The van der Waals surface area contributed by atoms with E-state index >= 15 is 0 Å². The van der Waals surface area contributed by atoms with Crippen molar-refractivity contribution in [3.8, 4) is 0 Å². The zero-order valence-corrected chi connectivity index (χ0v) is 14.3. The third-order valence-corrected chi connectivity index (χ3v) is 5.36. The van der Waals surface area contributed by atoms with Gasteiger partial charge in [0.25, 0.3) is 5.91 Å². The molecule has 1 N–H and O–H groups in total. The molecule has 4 rings (SSSR count). The summed E-state index contributed by atoms with van der Waals surface area (Å²) in [5.41, 5.74) is 1.15. The van der Waals surface area contributed by atoms with Crippen molar-refractivity contribution in [3.63, 3.8) is 0 Å². The van der Waals surface area contributed by atoms with Crippen LogP contribution in [0.1, 0.15) is 23.3 Å². The van der Waals surface area contributed by atoms with Crippen molar-refractivity contribution in [3.05, 3.63) is 35.8 Å². The summed E-state index contributed by atoms with van der Waals surface area (Å²) >= 11 is 0. The van der Waals surface area contributed by atoms with Gasteiger partial charge in [0.15, 0.2) is 0 Å². The lowest BCUT2D eigenvalue weighted by Crippen LogP contribution is -2.44. The second-order valence-corrected chi connectivity index (χ2v) is 7.03. The van der Waals surface area contributed by atoms with Crippen LogP contribution in [0.15, 0.2) is 24.3 Å². The maximum absolute atomic E-state index is 13.8. The molecule has 0 radical (unpaired) electrons. The number of fused-ring (bicyclic) bond motifs is 1. The Kier molecular flexibility index (Phi) is 4.72. The largest absolute Gasteiger partial charge is 0.379 e. The quantitative estimate of drug-likeness (QED) is 0.930. The summed E-state index contributed by atoms with van der Waals surface area (Å²) in [5.74, 6) is 0.319. The molecule has 5 nitrogen and oxygen atoms in total. The molecule has 0 aliphatic carbocycles. The van der Waals surface area contributed by atoms with Crippen LogP contribution in [0.25, 0.3) is 10.9 Å². The summed E-state index contributed by atoms with van der Waals surface area (Å²) in [4.78, 5) is 20.1. The molecule has 6 heteroatoms. The van der Waals surface area contributed by atoms with E-state index in [1.54, 1.807) is 18.2 Å². The number of nitrogens with zero attached hydrogens (tertiary/aromatic N) is 2. The fourth-order valence-electron chi connectivity index (χ4n) is 3.87. The lowest BCUT2D eigenvalue weighted by molar-refractivity contribution is 0.0242. The van der Waals surface area contributed by atoms with Gasteiger partial charge in [0, 0.05) is 43.6 Å². The van der Waals surface area contributed by atoms with Crippen LogP contribution in [0, 0.1) is 11.7 Å². The molecule has 1 aromatic carbocycles. The number of hydrogen-bond acceptors (Lipinski definition) is 3. The first kappa shape index (κ1) is 16.5. The molecule has 2 aliphatic rings. The first-order valence-corrected chi connectivity index (χ1v) is 9.07. The van der Waals surface area contributed by atoms with Gasteiger partial charge in [0.05, 0.1) is 13.2 Å². The number of H-pyrrole nitrogens is 1. The average molecular weight is 345 g/mol. The molecule has 0 unspecified atom stereocenters. The number of amides is 1. The van der Waals surface area contributed by atoms with Gasteiger partial charge in [-0.1, -0.05) is 6.07 Å². The third kappa shape index (κ3) is 3.55. The normalized spacial score (nSPS) is 20.3. The molecular formula is C19H24FN3O2. The molecular weight excluding hydrogens is 321 g/mol. The standard InChI is InChI=1S/C19H24FN3O2/c20-16-2-1-3-17-15(16)12-18(21-17)19(24)23-6-4-14(5-7-23)13-22-8-10-25-11-9-22/h1-3,12,14,21H,4-11,13H2. The molecule has 0 saturated carbocycles. The summed E-state index contributed by atoms with van der Waals surface area (Å²) in [7, 11) is 0. The molecule has 0 atom stereocenters. The summed E-state index contributed by atoms with van der Waals surface area (Å²) in [6, 6.07) is 6.50. The van der Waals surface area contributed by atoms with Gasteiger partial charge in [-0.2, -0.15) is 0 Å². The molecule has 25 heavy (non-hydrogen) atoms. The van der Waals surface area contributed by atoms with Crippen molar-refractivity contribution in [2.24, 2.45) is 5.92 Å². The minimum absolute atomic E-state index is 0.0274. The maximum Gasteiger partial charge on any atom is 0.270 e. The lowest BCUT2D eigenvalue weighted by atomic mass is 9.96. The Labute approximate surface area is 146 Å². The topological polar surface area (TPSA) is 48.6 Å². The van der Waals surface area contributed by atoms with Crippen LogP contribution in [0.4, 0.5) is 4.39 Å². The highest BCUT2D eigenvalue weighted by Gasteiger charge is 2.26. The third-order valence-electron chi connectivity index (χ3n) is 5.36. The molecule has 3 heterocycles. The highest BCUT2D eigenvalue weighted by molar-refractivity contribution is 5.98. The SMILES string of the molecule is O=C(c1cc2c(F)cccc2[nH]1)N1CCC(CN2CCOCC2)CC1. The minimum Gasteiger partial charge on any atom is -0.379 e. The number of hydrogen-bond donors (Lipinski definition) is 1. The first-order chi connectivity index (χ1) is 12.2. The van der Waals surface area contributed by atoms with E-state index in [0.29, 0.717) is 22.5 Å². The van der Waals surface area contributed by atoms with Gasteiger partial charge in [-0.3, -0.25) is 9.69 Å². The molecule has 2 fully saturated rings. The lowest BCUT2D eigenvalue weighted by Gasteiger charge is -2.35. The maximum atomic E-state index is 13.8. The first-order valence-electron chi connectivity index (χ1n) is 9.07. The number of morpholine rings is 1. The smallest absolute Gasteiger partial charge is 0.270 e. The van der Waals surface area contributed by atoms with Crippen LogP contribution in [-0.4, -0.2) is 66.6 Å². The summed E-state index contributed by atoms with van der Waals surface area (Å²) in [6.07, 6.45) is 2.05. The van der Waals surface area contributed by atoms with E-state index in [2.05, 4.69) is 9.88 Å². The van der Waals surface area contributed by atoms with E-state index in [4.69, 9.17) is 4.74 Å². The van der Waals surface area contributed by atoms with E-state index in [9.17, 15) is 9.18 Å². The number of aromatic amines is 1. The van der Waals surface area contributed by atoms with E-state index in [1.807, 2.05) is 4.90 Å². The summed E-state index contributed by atoms with van der Waals surface area (Å²) in [6.45, 7) is 6.32. The predicted molar refractivity (Wildman–Crippen MR) is 94.1 cm³/mol. The number of ether oxygens (including phenoxy) is 1. The van der Waals surface area contributed by atoms with Crippen LogP contribution >= 0.6 is 0 Å². The van der Waals surface area contributed by atoms with Crippen molar-refractivity contribution in [1.29, 1.82) is 0 Å². The molecule has 2 saturated heterocycles. The Balaban J connectivity index is 1.36. The Morgan fingerprint density at radius 3 is 2.68 bits per heavy atom. The number of benzene rings is 1. The second kappa shape index (κ2) is 7.14. The Bertz CT molecular complexity index is 746. The number of halogens is 1. The van der Waals surface area contributed by atoms with E-state index in [1.165, 1.54) is 6.07 Å². The monoisotopic (exact) mass is 345 g/mol. The van der Waals surface area contributed by atoms with E-state index in [0.717, 1.165) is 58.8 Å². The number of piperidine rings is 1. The van der Waals surface area contributed by atoms with Crippen molar-refractivity contribution in [2.75, 3.05) is 45.9 Å². The van der Waals surface area contributed by atoms with Gasteiger partial charge in [0.1, 0.15) is 11.5 Å². The van der Waals surface area contributed by atoms with Gasteiger partial charge < -0.3 is 14.6 Å².